The number of fused-ring (bicyclic) bond motifs is 3. The topological polar surface area (TPSA) is 109 Å². The summed E-state index contributed by atoms with van der Waals surface area (Å²) < 4.78 is 11.1. The maximum atomic E-state index is 12.6. The number of alkyl carbamates (subject to hydrolysis) is 1. The van der Waals surface area contributed by atoms with Crippen LogP contribution in [0.15, 0.2) is 65.1 Å². The Bertz CT molecular complexity index is 1230. The number of carbonyl (C=O) groups excluding carboxylic acids is 2. The number of benzene rings is 2. The molecular weight excluding hydrogens is 448 g/mol. The molecule has 35 heavy (non-hydrogen) atoms. The molecule has 0 bridgehead atoms. The summed E-state index contributed by atoms with van der Waals surface area (Å²) in [7, 11) is 1.64. The maximum absolute atomic E-state index is 12.6. The van der Waals surface area contributed by atoms with Gasteiger partial charge in [0.1, 0.15) is 12.4 Å². The van der Waals surface area contributed by atoms with Crippen LogP contribution in [0.1, 0.15) is 46.2 Å². The van der Waals surface area contributed by atoms with E-state index in [1.165, 1.54) is 4.90 Å². The lowest BCUT2D eigenvalue weighted by molar-refractivity contribution is -0.146. The lowest BCUT2D eigenvalue weighted by atomic mass is 9.79. The minimum absolute atomic E-state index is 0.0243. The van der Waals surface area contributed by atoms with E-state index in [1.807, 2.05) is 24.3 Å². The van der Waals surface area contributed by atoms with E-state index in [9.17, 15) is 14.4 Å². The van der Waals surface area contributed by atoms with Crippen LogP contribution in [0, 0.1) is 5.92 Å². The number of furan rings is 1. The van der Waals surface area contributed by atoms with Crippen molar-refractivity contribution in [2.75, 3.05) is 13.7 Å². The fraction of sp³-hybridized carbons (Fsp3) is 0.296. The van der Waals surface area contributed by atoms with Crippen LogP contribution in [0.4, 0.5) is 4.79 Å². The van der Waals surface area contributed by atoms with Crippen molar-refractivity contribution < 1.29 is 28.6 Å². The predicted octanol–water partition coefficient (Wildman–Crippen LogP) is 4.25. The van der Waals surface area contributed by atoms with E-state index in [-0.39, 0.29) is 36.8 Å². The van der Waals surface area contributed by atoms with E-state index in [4.69, 9.17) is 14.3 Å². The van der Waals surface area contributed by atoms with Crippen molar-refractivity contribution in [2.45, 2.75) is 31.3 Å². The summed E-state index contributed by atoms with van der Waals surface area (Å²) in [6.07, 6.45) is 0.311. The highest BCUT2D eigenvalue weighted by molar-refractivity contribution is 5.91. The van der Waals surface area contributed by atoms with Crippen molar-refractivity contribution in [1.82, 2.24) is 10.2 Å². The lowest BCUT2D eigenvalue weighted by Gasteiger charge is -2.38. The molecule has 2 amide bonds. The van der Waals surface area contributed by atoms with Crippen molar-refractivity contribution in [3.63, 3.8) is 0 Å². The normalized spacial score (nSPS) is 18.2. The second kappa shape index (κ2) is 9.29. The number of carboxylic acid groups (broad SMARTS) is 1. The van der Waals surface area contributed by atoms with E-state index in [0.717, 1.165) is 22.3 Å². The van der Waals surface area contributed by atoms with Gasteiger partial charge in [0.2, 0.25) is 0 Å². The van der Waals surface area contributed by atoms with Crippen LogP contribution in [0.25, 0.3) is 11.1 Å². The summed E-state index contributed by atoms with van der Waals surface area (Å²) in [5.74, 6) is -0.997. The van der Waals surface area contributed by atoms with Gasteiger partial charge in [0, 0.05) is 19.0 Å². The molecule has 8 nitrogen and oxygen atoms in total. The predicted molar refractivity (Wildman–Crippen MR) is 127 cm³/mol. The number of nitrogens with zero attached hydrogens (tertiary/aromatic N) is 1. The van der Waals surface area contributed by atoms with E-state index in [1.54, 1.807) is 19.2 Å². The van der Waals surface area contributed by atoms with Crippen LogP contribution in [0.3, 0.4) is 0 Å². The highest BCUT2D eigenvalue weighted by Gasteiger charge is 2.39. The fourth-order valence-corrected chi connectivity index (χ4v) is 4.84. The van der Waals surface area contributed by atoms with Gasteiger partial charge < -0.3 is 24.5 Å². The van der Waals surface area contributed by atoms with Gasteiger partial charge in [-0.05, 0) is 47.2 Å². The van der Waals surface area contributed by atoms with E-state index in [0.29, 0.717) is 18.6 Å². The summed E-state index contributed by atoms with van der Waals surface area (Å²) in [4.78, 5) is 37.5. The number of carboxylic acids is 1. The second-order valence-electron chi connectivity index (χ2n) is 9.02. The number of aliphatic carboxylic acids is 1. The van der Waals surface area contributed by atoms with Gasteiger partial charge in [-0.25, -0.2) is 4.79 Å². The number of hydrogen-bond acceptors (Lipinski definition) is 5. The summed E-state index contributed by atoms with van der Waals surface area (Å²) in [6.45, 7) is 0.295. The molecule has 0 radical (unpaired) electrons. The molecule has 3 aromatic rings. The molecule has 0 saturated heterocycles. The van der Waals surface area contributed by atoms with Crippen molar-refractivity contribution in [1.29, 1.82) is 0 Å². The molecule has 2 N–H and O–H groups in total. The molecule has 0 aliphatic heterocycles. The number of amides is 2. The standard InChI is InChI=1S/C27H26N2O6/c1-29(17-12-16(13-17)26(31)32)25(30)24-11-10-18(35-24)14-28-27(33)34-15-23-21-8-4-2-6-19(21)20-7-3-5-9-22(20)23/h2-11,16-17,23H,12-15H2,1H3,(H,28,33)(H,31,32). The zero-order valence-electron chi connectivity index (χ0n) is 19.3. The molecule has 180 valence electrons. The summed E-state index contributed by atoms with van der Waals surface area (Å²) >= 11 is 0. The highest BCUT2D eigenvalue weighted by atomic mass is 16.5. The van der Waals surface area contributed by atoms with Gasteiger partial charge in [0.05, 0.1) is 12.5 Å². The molecule has 1 aromatic heterocycles. The fourth-order valence-electron chi connectivity index (χ4n) is 4.84. The Morgan fingerprint density at radius 2 is 1.63 bits per heavy atom. The van der Waals surface area contributed by atoms with Crippen LogP contribution in [0.2, 0.25) is 0 Å². The Labute approximate surface area is 202 Å². The first kappa shape index (κ1) is 22.7. The van der Waals surface area contributed by atoms with Crippen molar-refractivity contribution >= 4 is 18.0 Å². The first-order chi connectivity index (χ1) is 16.9. The van der Waals surface area contributed by atoms with Gasteiger partial charge in [-0.3, -0.25) is 9.59 Å². The third-order valence-corrected chi connectivity index (χ3v) is 6.95. The zero-order valence-corrected chi connectivity index (χ0v) is 19.3. The smallest absolute Gasteiger partial charge is 0.407 e. The molecule has 1 fully saturated rings. The molecule has 2 aliphatic rings. The first-order valence-corrected chi connectivity index (χ1v) is 11.6. The third kappa shape index (κ3) is 4.39. The molecule has 2 aliphatic carbocycles. The molecule has 2 aromatic carbocycles. The highest BCUT2D eigenvalue weighted by Crippen LogP contribution is 2.44. The van der Waals surface area contributed by atoms with Gasteiger partial charge in [-0.15, -0.1) is 0 Å². The molecule has 0 unspecified atom stereocenters. The summed E-state index contributed by atoms with van der Waals surface area (Å²) in [5, 5.41) is 11.7. The van der Waals surface area contributed by atoms with Gasteiger partial charge in [0.15, 0.2) is 5.76 Å². The molecule has 1 saturated carbocycles. The molecular formula is C27H26N2O6. The van der Waals surface area contributed by atoms with Gasteiger partial charge in [-0.1, -0.05) is 48.5 Å². The zero-order chi connectivity index (χ0) is 24.5. The Hall–Kier alpha value is -4.07. The molecule has 8 heteroatoms. The average Bonchev–Trinajstić information content (AvgIpc) is 3.42. The lowest BCUT2D eigenvalue weighted by Crippen LogP contribution is -2.47. The minimum Gasteiger partial charge on any atom is -0.481 e. The van der Waals surface area contributed by atoms with E-state index >= 15 is 0 Å². The number of carbonyl (C=O) groups is 3. The third-order valence-electron chi connectivity index (χ3n) is 6.95. The quantitative estimate of drug-likeness (QED) is 0.530. The van der Waals surface area contributed by atoms with Gasteiger partial charge in [0.25, 0.3) is 5.91 Å². The monoisotopic (exact) mass is 474 g/mol. The van der Waals surface area contributed by atoms with Crippen molar-refractivity contribution in [2.24, 2.45) is 5.92 Å². The van der Waals surface area contributed by atoms with Crippen LogP contribution >= 0.6 is 0 Å². The second-order valence-corrected chi connectivity index (χ2v) is 9.02. The molecule has 5 rings (SSSR count). The van der Waals surface area contributed by atoms with E-state index < -0.39 is 18.0 Å². The number of rotatable bonds is 7. The van der Waals surface area contributed by atoms with Crippen LogP contribution in [0.5, 0.6) is 0 Å². The maximum Gasteiger partial charge on any atom is 0.407 e. The van der Waals surface area contributed by atoms with Crippen LogP contribution in [-0.2, 0) is 16.1 Å². The Kier molecular flexibility index (Phi) is 6.03. The number of nitrogens with one attached hydrogen (secondary N) is 1. The van der Waals surface area contributed by atoms with Crippen molar-refractivity contribution in [3.8, 4) is 11.1 Å². The molecule has 0 spiro atoms. The van der Waals surface area contributed by atoms with Gasteiger partial charge in [-0.2, -0.15) is 0 Å². The SMILES string of the molecule is CN(C(=O)c1ccc(CNC(=O)OCC2c3ccccc3-c3ccccc32)o1)C1CC(C(=O)O)C1. The summed E-state index contributed by atoms with van der Waals surface area (Å²) in [5.41, 5.74) is 4.60. The largest absolute Gasteiger partial charge is 0.481 e. The summed E-state index contributed by atoms with van der Waals surface area (Å²) in [6, 6.07) is 19.3. The van der Waals surface area contributed by atoms with Crippen LogP contribution < -0.4 is 5.32 Å². The number of hydrogen-bond donors (Lipinski definition) is 2. The van der Waals surface area contributed by atoms with Crippen molar-refractivity contribution in [3.05, 3.63) is 83.3 Å². The Morgan fingerprint density at radius 3 is 2.26 bits per heavy atom. The average molecular weight is 475 g/mol. The Morgan fingerprint density at radius 1 is 1.00 bits per heavy atom. The molecule has 1 heterocycles. The minimum atomic E-state index is -0.832. The Balaban J connectivity index is 1.13. The van der Waals surface area contributed by atoms with Gasteiger partial charge >= 0.3 is 12.1 Å². The first-order valence-electron chi connectivity index (χ1n) is 11.6. The number of ether oxygens (including phenoxy) is 1. The molecule has 0 atom stereocenters. The van der Waals surface area contributed by atoms with Crippen LogP contribution in [-0.4, -0.2) is 47.7 Å². The van der Waals surface area contributed by atoms with E-state index in [2.05, 4.69) is 29.6 Å².